The Kier molecular flexibility index (Phi) is 5.31. The van der Waals surface area contributed by atoms with Gasteiger partial charge in [-0.25, -0.2) is 4.39 Å². The maximum atomic E-state index is 13.5. The first-order valence-corrected chi connectivity index (χ1v) is 6.14. The van der Waals surface area contributed by atoms with Gasteiger partial charge in [0, 0.05) is 6.04 Å². The van der Waals surface area contributed by atoms with E-state index in [2.05, 4.69) is 5.43 Å². The lowest BCUT2D eigenvalue weighted by Gasteiger charge is -2.24. The summed E-state index contributed by atoms with van der Waals surface area (Å²) in [5.74, 6) is 4.25. The van der Waals surface area contributed by atoms with Crippen molar-refractivity contribution in [3.8, 4) is 0 Å². The molecule has 0 aromatic heterocycles. The van der Waals surface area contributed by atoms with Crippen LogP contribution in [0.5, 0.6) is 0 Å². The maximum absolute atomic E-state index is 13.5. The first kappa shape index (κ1) is 15.9. The number of nitrogens with one attached hydrogen (secondary N) is 1. The Labute approximate surface area is 110 Å². The Balaban J connectivity index is 3.05. The van der Waals surface area contributed by atoms with Crippen LogP contribution < -0.4 is 11.3 Å². The van der Waals surface area contributed by atoms with E-state index in [0.717, 1.165) is 25.0 Å². The van der Waals surface area contributed by atoms with Crippen molar-refractivity contribution < 1.29 is 17.6 Å². The van der Waals surface area contributed by atoms with Gasteiger partial charge in [-0.3, -0.25) is 11.3 Å². The highest BCUT2D eigenvalue weighted by atomic mass is 19.4. The van der Waals surface area contributed by atoms with Crippen molar-refractivity contribution in [3.63, 3.8) is 0 Å². The minimum Gasteiger partial charge on any atom is -0.271 e. The van der Waals surface area contributed by atoms with Crippen LogP contribution in [0.25, 0.3) is 0 Å². The molecule has 0 spiro atoms. The van der Waals surface area contributed by atoms with Gasteiger partial charge in [-0.2, -0.15) is 13.2 Å². The fourth-order valence-electron chi connectivity index (χ4n) is 2.17. The van der Waals surface area contributed by atoms with Gasteiger partial charge in [0.25, 0.3) is 0 Å². The van der Waals surface area contributed by atoms with Crippen molar-refractivity contribution in [2.45, 2.75) is 38.9 Å². The van der Waals surface area contributed by atoms with E-state index in [1.54, 1.807) is 0 Å². The molecular weight excluding hydrogens is 260 g/mol. The molecular formula is C13H18F4N2. The van der Waals surface area contributed by atoms with E-state index in [0.29, 0.717) is 5.56 Å². The molecule has 1 aromatic carbocycles. The Morgan fingerprint density at radius 2 is 1.95 bits per heavy atom. The van der Waals surface area contributed by atoms with E-state index >= 15 is 0 Å². The van der Waals surface area contributed by atoms with Crippen LogP contribution in [0.1, 0.15) is 43.9 Å². The summed E-state index contributed by atoms with van der Waals surface area (Å²) in [6.45, 7) is 3.92. The van der Waals surface area contributed by atoms with Gasteiger partial charge in [0.15, 0.2) is 0 Å². The molecule has 0 amide bonds. The highest BCUT2D eigenvalue weighted by Gasteiger charge is 2.34. The second-order valence-electron chi connectivity index (χ2n) is 4.65. The zero-order valence-corrected chi connectivity index (χ0v) is 10.9. The highest BCUT2D eigenvalue weighted by Crippen LogP contribution is 2.33. The summed E-state index contributed by atoms with van der Waals surface area (Å²) >= 11 is 0. The zero-order valence-electron chi connectivity index (χ0n) is 10.9. The fraction of sp³-hybridized carbons (Fsp3) is 0.538. The van der Waals surface area contributed by atoms with E-state index < -0.39 is 17.6 Å². The van der Waals surface area contributed by atoms with Gasteiger partial charge >= 0.3 is 6.18 Å². The molecule has 0 aliphatic carbocycles. The molecule has 108 valence electrons. The monoisotopic (exact) mass is 278 g/mol. The number of nitrogens with two attached hydrogens (primary N) is 1. The van der Waals surface area contributed by atoms with E-state index in [9.17, 15) is 17.6 Å². The SMILES string of the molecule is CCCC(C)C(NN)c1ccc(C(F)(F)F)c(F)c1. The molecule has 1 rings (SSSR count). The first-order valence-electron chi connectivity index (χ1n) is 6.14. The van der Waals surface area contributed by atoms with Crippen LogP contribution in [-0.4, -0.2) is 0 Å². The van der Waals surface area contributed by atoms with Gasteiger partial charge < -0.3 is 0 Å². The molecule has 2 atom stereocenters. The third kappa shape index (κ3) is 3.91. The average molecular weight is 278 g/mol. The second-order valence-corrected chi connectivity index (χ2v) is 4.65. The maximum Gasteiger partial charge on any atom is 0.419 e. The molecule has 0 radical (unpaired) electrons. The zero-order chi connectivity index (χ0) is 14.6. The molecule has 0 saturated carbocycles. The fourth-order valence-corrected chi connectivity index (χ4v) is 2.17. The summed E-state index contributed by atoms with van der Waals surface area (Å²) in [6.07, 6.45) is -2.91. The number of benzene rings is 1. The van der Waals surface area contributed by atoms with Gasteiger partial charge in [0.05, 0.1) is 5.56 Å². The third-order valence-electron chi connectivity index (χ3n) is 3.15. The van der Waals surface area contributed by atoms with Gasteiger partial charge in [-0.05, 0) is 30.0 Å². The minimum absolute atomic E-state index is 0.103. The van der Waals surface area contributed by atoms with Gasteiger partial charge in [-0.1, -0.05) is 26.3 Å². The molecule has 3 N–H and O–H groups in total. The lowest BCUT2D eigenvalue weighted by molar-refractivity contribution is -0.140. The smallest absolute Gasteiger partial charge is 0.271 e. The van der Waals surface area contributed by atoms with E-state index in [1.165, 1.54) is 6.07 Å². The summed E-state index contributed by atoms with van der Waals surface area (Å²) in [6, 6.07) is 2.56. The summed E-state index contributed by atoms with van der Waals surface area (Å²) in [5.41, 5.74) is 1.71. The van der Waals surface area contributed by atoms with Crippen LogP contribution in [0.3, 0.4) is 0 Å². The predicted octanol–water partition coefficient (Wildman–Crippen LogP) is 3.79. The average Bonchev–Trinajstić information content (AvgIpc) is 2.28. The van der Waals surface area contributed by atoms with E-state index in [-0.39, 0.29) is 12.0 Å². The molecule has 0 heterocycles. The van der Waals surface area contributed by atoms with Crippen LogP contribution in [0.4, 0.5) is 17.6 Å². The molecule has 1 aromatic rings. The molecule has 19 heavy (non-hydrogen) atoms. The number of hydrazine groups is 1. The van der Waals surface area contributed by atoms with Gasteiger partial charge in [0.2, 0.25) is 0 Å². The Morgan fingerprint density at radius 3 is 2.37 bits per heavy atom. The summed E-state index contributed by atoms with van der Waals surface area (Å²) in [5, 5.41) is 0. The number of hydrogen-bond acceptors (Lipinski definition) is 2. The van der Waals surface area contributed by atoms with Crippen LogP contribution >= 0.6 is 0 Å². The largest absolute Gasteiger partial charge is 0.419 e. The second kappa shape index (κ2) is 6.34. The quantitative estimate of drug-likeness (QED) is 0.488. The lowest BCUT2D eigenvalue weighted by Crippen LogP contribution is -2.32. The van der Waals surface area contributed by atoms with Gasteiger partial charge in [0.1, 0.15) is 5.82 Å². The molecule has 0 bridgehead atoms. The number of halogens is 4. The highest BCUT2D eigenvalue weighted by molar-refractivity contribution is 5.28. The lowest BCUT2D eigenvalue weighted by atomic mass is 9.91. The van der Waals surface area contributed by atoms with Gasteiger partial charge in [-0.15, -0.1) is 0 Å². The molecule has 0 aliphatic rings. The molecule has 2 nitrogen and oxygen atoms in total. The molecule has 0 saturated heterocycles. The van der Waals surface area contributed by atoms with Crippen LogP contribution in [-0.2, 0) is 6.18 Å². The minimum atomic E-state index is -4.68. The molecule has 0 fully saturated rings. The number of hydrogen-bond donors (Lipinski definition) is 2. The normalized spacial score (nSPS) is 15.3. The van der Waals surface area contributed by atoms with E-state index in [4.69, 9.17) is 5.84 Å². The van der Waals surface area contributed by atoms with E-state index in [1.807, 2.05) is 13.8 Å². The number of rotatable bonds is 5. The van der Waals surface area contributed by atoms with Crippen molar-refractivity contribution in [1.82, 2.24) is 5.43 Å². The van der Waals surface area contributed by atoms with Crippen molar-refractivity contribution in [3.05, 3.63) is 35.1 Å². The van der Waals surface area contributed by atoms with Crippen LogP contribution in [0.15, 0.2) is 18.2 Å². The topological polar surface area (TPSA) is 38.0 Å². The van der Waals surface area contributed by atoms with Crippen LogP contribution in [0.2, 0.25) is 0 Å². The Hall–Kier alpha value is -1.14. The summed E-state index contributed by atoms with van der Waals surface area (Å²) < 4.78 is 50.9. The summed E-state index contributed by atoms with van der Waals surface area (Å²) in [7, 11) is 0. The molecule has 6 heteroatoms. The van der Waals surface area contributed by atoms with Crippen molar-refractivity contribution in [2.75, 3.05) is 0 Å². The van der Waals surface area contributed by atoms with Crippen molar-refractivity contribution in [1.29, 1.82) is 0 Å². The third-order valence-corrected chi connectivity index (χ3v) is 3.15. The Morgan fingerprint density at radius 1 is 1.32 bits per heavy atom. The molecule has 0 aliphatic heterocycles. The van der Waals surface area contributed by atoms with Crippen molar-refractivity contribution in [2.24, 2.45) is 11.8 Å². The Bertz CT molecular complexity index is 418. The van der Waals surface area contributed by atoms with Crippen molar-refractivity contribution >= 4 is 0 Å². The predicted molar refractivity (Wildman–Crippen MR) is 65.5 cm³/mol. The van der Waals surface area contributed by atoms with Crippen LogP contribution in [0, 0.1) is 11.7 Å². The number of alkyl halides is 3. The standard InChI is InChI=1S/C13H18F4N2/c1-3-4-8(2)12(19-18)9-5-6-10(11(14)7-9)13(15,16)17/h5-8,12,19H,3-4,18H2,1-2H3. The molecule has 2 unspecified atom stereocenters. The summed E-state index contributed by atoms with van der Waals surface area (Å²) in [4.78, 5) is 0. The first-order chi connectivity index (χ1) is 8.81.